The number of benzene rings is 2. The first-order chi connectivity index (χ1) is 12.7. The predicted molar refractivity (Wildman–Crippen MR) is 114 cm³/mol. The van der Waals surface area contributed by atoms with Crippen molar-refractivity contribution in [3.8, 4) is 0 Å². The largest absolute Gasteiger partial charge is 0.479 e. The van der Waals surface area contributed by atoms with Gasteiger partial charge in [-0.1, -0.05) is 60.7 Å². The van der Waals surface area contributed by atoms with Crippen molar-refractivity contribution in [2.75, 3.05) is 0 Å². The Bertz CT molecular complexity index is 768. The number of hydrogen-bond acceptors (Lipinski definition) is 4. The van der Waals surface area contributed by atoms with E-state index in [1.807, 2.05) is 32.9 Å². The van der Waals surface area contributed by atoms with Gasteiger partial charge in [0.05, 0.1) is 6.04 Å². The number of ether oxygens (including phenoxy) is 2. The van der Waals surface area contributed by atoms with Crippen LogP contribution in [0.25, 0.3) is 0 Å². The highest BCUT2D eigenvalue weighted by Gasteiger charge is 2.50. The average molecular weight is 384 g/mol. The molecule has 1 fully saturated rings. The Morgan fingerprint density at radius 2 is 1.59 bits per heavy atom. The Hall–Kier alpha value is -1.75. The normalized spacial score (nSPS) is 22.6. The van der Waals surface area contributed by atoms with Crippen LogP contribution in [0.2, 0.25) is 0 Å². The molecule has 0 unspecified atom stereocenters. The lowest BCUT2D eigenvalue weighted by Crippen LogP contribution is -2.40. The number of rotatable bonds is 4. The molecule has 1 aliphatic heterocycles. The zero-order valence-corrected chi connectivity index (χ0v) is 17.6. The van der Waals surface area contributed by atoms with Crippen LogP contribution < -0.4 is 0 Å². The molecule has 0 aliphatic carbocycles. The zero-order valence-electron chi connectivity index (χ0n) is 16.8. The Labute approximate surface area is 168 Å². The average Bonchev–Trinajstić information content (AvgIpc) is 2.86. The fourth-order valence-electron chi connectivity index (χ4n) is 3.55. The highest BCUT2D eigenvalue weighted by Crippen LogP contribution is 2.43. The summed E-state index contributed by atoms with van der Waals surface area (Å²) in [5.74, 6) is 0. The molecule has 0 amide bonds. The Morgan fingerprint density at radius 1 is 1.04 bits per heavy atom. The maximum absolute atomic E-state index is 6.47. The molecule has 144 valence electrons. The third-order valence-electron chi connectivity index (χ3n) is 4.71. The van der Waals surface area contributed by atoms with Crippen molar-refractivity contribution in [2.24, 2.45) is 0 Å². The molecule has 1 heterocycles. The van der Waals surface area contributed by atoms with E-state index >= 15 is 0 Å². The van der Waals surface area contributed by atoms with Gasteiger partial charge in [-0.25, -0.2) is 0 Å². The van der Waals surface area contributed by atoms with Crippen molar-refractivity contribution >= 4 is 17.3 Å². The summed E-state index contributed by atoms with van der Waals surface area (Å²) in [5.41, 5.74) is 1.62. The van der Waals surface area contributed by atoms with Crippen molar-refractivity contribution in [1.29, 1.82) is 0 Å². The van der Waals surface area contributed by atoms with Gasteiger partial charge in [-0.3, -0.25) is 4.90 Å². The molecule has 0 bridgehead atoms. The molecule has 0 aromatic heterocycles. The van der Waals surface area contributed by atoms with E-state index in [9.17, 15) is 0 Å². The van der Waals surface area contributed by atoms with Crippen LogP contribution in [0.1, 0.15) is 51.8 Å². The first-order valence-corrected chi connectivity index (χ1v) is 9.84. The summed E-state index contributed by atoms with van der Waals surface area (Å²) < 4.78 is 12.5. The molecule has 1 aliphatic rings. The fraction of sp³-hybridized carbons (Fsp3) is 0.435. The maximum atomic E-state index is 6.47. The van der Waals surface area contributed by atoms with Gasteiger partial charge in [-0.05, 0) is 58.0 Å². The van der Waals surface area contributed by atoms with Crippen LogP contribution in [0.4, 0.5) is 0 Å². The first kappa shape index (κ1) is 20.0. The van der Waals surface area contributed by atoms with Gasteiger partial charge in [0.15, 0.2) is 5.05 Å². The molecule has 0 N–H and O–H groups in total. The van der Waals surface area contributed by atoms with Crippen LogP contribution in [0.5, 0.6) is 0 Å². The minimum absolute atomic E-state index is 0.00347. The van der Waals surface area contributed by atoms with E-state index in [0.717, 1.165) is 6.54 Å². The van der Waals surface area contributed by atoms with Gasteiger partial charge in [0.2, 0.25) is 0 Å². The van der Waals surface area contributed by atoms with E-state index < -0.39 is 5.72 Å². The summed E-state index contributed by atoms with van der Waals surface area (Å²) in [7, 11) is 0. The molecule has 4 heteroatoms. The first-order valence-electron chi connectivity index (χ1n) is 9.44. The van der Waals surface area contributed by atoms with Crippen LogP contribution >= 0.6 is 12.2 Å². The molecule has 3 rings (SSSR count). The molecule has 0 saturated carbocycles. The van der Waals surface area contributed by atoms with Gasteiger partial charge in [0.1, 0.15) is 17.4 Å². The maximum Gasteiger partial charge on any atom is 0.191 e. The lowest BCUT2D eigenvalue weighted by atomic mass is 9.99. The topological polar surface area (TPSA) is 21.7 Å². The molecule has 0 spiro atoms. The molecular weight excluding hydrogens is 354 g/mol. The Kier molecular flexibility index (Phi) is 5.71. The van der Waals surface area contributed by atoms with Crippen molar-refractivity contribution in [2.45, 2.75) is 64.6 Å². The molecule has 2 aromatic rings. The summed E-state index contributed by atoms with van der Waals surface area (Å²) in [4.78, 5) is 2.38. The van der Waals surface area contributed by atoms with E-state index in [1.165, 1.54) is 11.1 Å². The summed E-state index contributed by atoms with van der Waals surface area (Å²) >= 11 is 5.69. The van der Waals surface area contributed by atoms with Crippen molar-refractivity contribution < 1.29 is 9.47 Å². The molecule has 27 heavy (non-hydrogen) atoms. The summed E-state index contributed by atoms with van der Waals surface area (Å²) in [6, 6.07) is 20.9. The van der Waals surface area contributed by atoms with Gasteiger partial charge in [-0.15, -0.1) is 0 Å². The molecule has 2 atom stereocenters. The second-order valence-corrected chi connectivity index (χ2v) is 8.89. The van der Waals surface area contributed by atoms with Gasteiger partial charge in [-0.2, -0.15) is 0 Å². The predicted octanol–water partition coefficient (Wildman–Crippen LogP) is 5.51. The van der Waals surface area contributed by atoms with Crippen molar-refractivity contribution in [1.82, 2.24) is 4.90 Å². The van der Waals surface area contributed by atoms with Gasteiger partial charge in [0.25, 0.3) is 0 Å². The minimum Gasteiger partial charge on any atom is -0.479 e. The molecule has 1 saturated heterocycles. The lowest BCUT2D eigenvalue weighted by Gasteiger charge is -2.34. The number of thiocarbonyl (C=S) groups is 1. The van der Waals surface area contributed by atoms with Crippen LogP contribution in [-0.2, 0) is 16.0 Å². The monoisotopic (exact) mass is 383 g/mol. The number of nitrogens with zero attached hydrogens (tertiary/aromatic N) is 1. The van der Waals surface area contributed by atoms with Crippen LogP contribution in [0, 0.1) is 0 Å². The van der Waals surface area contributed by atoms with Gasteiger partial charge in [0, 0.05) is 6.54 Å². The third-order valence-corrected chi connectivity index (χ3v) is 5.02. The molecular formula is C23H29NO2S. The van der Waals surface area contributed by atoms with E-state index in [-0.39, 0.29) is 17.7 Å². The minimum atomic E-state index is -0.466. The van der Waals surface area contributed by atoms with Crippen LogP contribution in [0.3, 0.4) is 0 Å². The SMILES string of the molecule is CC(C)(C)OC(=S)[C@@H]1OC(C)(C)N(Cc2ccccc2)[C@H]1c1ccccc1. The van der Waals surface area contributed by atoms with Crippen molar-refractivity contribution in [3.63, 3.8) is 0 Å². The summed E-state index contributed by atoms with van der Waals surface area (Å²) in [6.07, 6.45) is -0.305. The van der Waals surface area contributed by atoms with E-state index in [4.69, 9.17) is 21.7 Å². The Morgan fingerprint density at radius 3 is 2.15 bits per heavy atom. The third kappa shape index (κ3) is 4.75. The fourth-order valence-corrected chi connectivity index (χ4v) is 3.98. The molecule has 2 aromatic carbocycles. The van der Waals surface area contributed by atoms with Crippen molar-refractivity contribution in [3.05, 3.63) is 71.8 Å². The zero-order chi connectivity index (χ0) is 19.7. The van der Waals surface area contributed by atoms with Gasteiger partial charge >= 0.3 is 0 Å². The lowest BCUT2D eigenvalue weighted by molar-refractivity contribution is -0.0714. The highest BCUT2D eigenvalue weighted by molar-refractivity contribution is 7.80. The van der Waals surface area contributed by atoms with E-state index in [0.29, 0.717) is 5.05 Å². The second kappa shape index (κ2) is 7.70. The molecule has 0 radical (unpaired) electrons. The van der Waals surface area contributed by atoms with E-state index in [2.05, 4.69) is 67.3 Å². The molecule has 3 nitrogen and oxygen atoms in total. The number of hydrogen-bond donors (Lipinski definition) is 0. The summed E-state index contributed by atoms with van der Waals surface area (Å²) in [5, 5.41) is 0.514. The van der Waals surface area contributed by atoms with E-state index in [1.54, 1.807) is 0 Å². The Balaban J connectivity index is 1.98. The smallest absolute Gasteiger partial charge is 0.191 e. The standard InChI is InChI=1S/C23H29NO2S/c1-22(2,3)26-21(27)20-19(18-14-10-7-11-15-18)24(23(4,5)25-20)16-17-12-8-6-9-13-17/h6-15,19-20H,16H2,1-5H3/t19-,20+/m0/s1. The quantitative estimate of drug-likeness (QED) is 0.649. The second-order valence-electron chi connectivity index (χ2n) is 8.49. The highest BCUT2D eigenvalue weighted by atomic mass is 32.1. The van der Waals surface area contributed by atoms with Gasteiger partial charge < -0.3 is 9.47 Å². The van der Waals surface area contributed by atoms with Crippen LogP contribution in [0.15, 0.2) is 60.7 Å². The summed E-state index contributed by atoms with van der Waals surface area (Å²) in [6.45, 7) is 11.0. The van der Waals surface area contributed by atoms with Crippen LogP contribution in [-0.4, -0.2) is 27.4 Å².